The van der Waals surface area contributed by atoms with Gasteiger partial charge in [0.05, 0.1) is 0 Å². The van der Waals surface area contributed by atoms with Crippen LogP contribution in [-0.4, -0.2) is 13.1 Å². The first kappa shape index (κ1) is 13.1. The first-order valence-corrected chi connectivity index (χ1v) is 7.49. The van der Waals surface area contributed by atoms with E-state index in [0.717, 1.165) is 12.5 Å². The van der Waals surface area contributed by atoms with Crippen LogP contribution >= 0.6 is 15.9 Å². The van der Waals surface area contributed by atoms with E-state index in [9.17, 15) is 0 Å². The fourth-order valence-corrected chi connectivity index (χ4v) is 3.14. The number of nitrogens with one attached hydrogen (secondary N) is 1. The molecule has 2 heteroatoms. The molecule has 0 heterocycles. The molecule has 2 atom stereocenters. The topological polar surface area (TPSA) is 12.0 Å². The second-order valence-corrected chi connectivity index (χ2v) is 6.04. The van der Waals surface area contributed by atoms with Crippen LogP contribution < -0.4 is 5.32 Å². The molecule has 0 saturated heterocycles. The molecule has 1 aliphatic rings. The van der Waals surface area contributed by atoms with Crippen molar-refractivity contribution in [1.82, 2.24) is 5.32 Å². The van der Waals surface area contributed by atoms with Crippen molar-refractivity contribution in [2.24, 2.45) is 5.92 Å². The minimum Gasteiger partial charge on any atom is -0.316 e. The van der Waals surface area contributed by atoms with Crippen LogP contribution in [0.2, 0.25) is 0 Å². The van der Waals surface area contributed by atoms with Gasteiger partial charge in [-0.25, -0.2) is 0 Å². The van der Waals surface area contributed by atoms with Crippen molar-refractivity contribution in [3.8, 4) is 0 Å². The zero-order valence-corrected chi connectivity index (χ0v) is 12.4. The van der Waals surface area contributed by atoms with Crippen molar-refractivity contribution < 1.29 is 0 Å². The third kappa shape index (κ3) is 2.74. The summed E-state index contributed by atoms with van der Waals surface area (Å²) in [7, 11) is 0. The SMILES string of the molecule is CCCNCC1CC1(CC)c1ccc(Br)cc1. The van der Waals surface area contributed by atoms with E-state index in [2.05, 4.69) is 59.4 Å². The molecule has 94 valence electrons. The molecule has 17 heavy (non-hydrogen) atoms. The maximum Gasteiger partial charge on any atom is 0.0175 e. The van der Waals surface area contributed by atoms with Gasteiger partial charge in [0.2, 0.25) is 0 Å². The average molecular weight is 296 g/mol. The number of halogens is 1. The summed E-state index contributed by atoms with van der Waals surface area (Å²) in [5.74, 6) is 0.834. The fraction of sp³-hybridized carbons (Fsp3) is 0.600. The minimum absolute atomic E-state index is 0.460. The van der Waals surface area contributed by atoms with Crippen LogP contribution in [0.1, 0.15) is 38.7 Å². The maximum absolute atomic E-state index is 3.56. The van der Waals surface area contributed by atoms with Crippen LogP contribution in [0.25, 0.3) is 0 Å². The molecule has 0 aromatic heterocycles. The lowest BCUT2D eigenvalue weighted by molar-refractivity contribution is 0.538. The highest BCUT2D eigenvalue weighted by molar-refractivity contribution is 9.10. The number of benzene rings is 1. The standard InChI is InChI=1S/C15H22BrN/c1-3-9-17-11-13-10-15(13,4-2)12-5-7-14(16)8-6-12/h5-8,13,17H,3-4,9-11H2,1-2H3. The highest BCUT2D eigenvalue weighted by atomic mass is 79.9. The number of rotatable bonds is 6. The molecular formula is C15H22BrN. The van der Waals surface area contributed by atoms with E-state index in [1.165, 1.54) is 35.8 Å². The Morgan fingerprint density at radius 2 is 2.00 bits per heavy atom. The van der Waals surface area contributed by atoms with Gasteiger partial charge in [0, 0.05) is 4.47 Å². The Morgan fingerprint density at radius 3 is 2.59 bits per heavy atom. The van der Waals surface area contributed by atoms with Crippen LogP contribution in [0.4, 0.5) is 0 Å². The first-order chi connectivity index (χ1) is 8.23. The molecule has 0 aliphatic heterocycles. The Labute approximate surface area is 113 Å². The molecule has 1 nitrogen and oxygen atoms in total. The summed E-state index contributed by atoms with van der Waals surface area (Å²) in [5, 5.41) is 3.56. The zero-order chi connectivity index (χ0) is 12.3. The maximum atomic E-state index is 3.56. The molecule has 1 aliphatic carbocycles. The molecule has 2 unspecified atom stereocenters. The Morgan fingerprint density at radius 1 is 1.29 bits per heavy atom. The largest absolute Gasteiger partial charge is 0.316 e. The van der Waals surface area contributed by atoms with Crippen molar-refractivity contribution in [1.29, 1.82) is 0 Å². The van der Waals surface area contributed by atoms with Gasteiger partial charge >= 0.3 is 0 Å². The average Bonchev–Trinajstić information content (AvgIpc) is 3.05. The lowest BCUT2D eigenvalue weighted by Gasteiger charge is -2.16. The second kappa shape index (κ2) is 5.53. The van der Waals surface area contributed by atoms with Crippen molar-refractivity contribution in [2.45, 2.75) is 38.5 Å². The van der Waals surface area contributed by atoms with E-state index in [-0.39, 0.29) is 0 Å². The highest BCUT2D eigenvalue weighted by Crippen LogP contribution is 2.56. The third-order valence-electron chi connectivity index (χ3n) is 4.10. The molecule has 0 amide bonds. The molecule has 0 radical (unpaired) electrons. The lowest BCUT2D eigenvalue weighted by atomic mass is 9.90. The zero-order valence-electron chi connectivity index (χ0n) is 10.8. The van der Waals surface area contributed by atoms with Crippen molar-refractivity contribution in [3.63, 3.8) is 0 Å². The molecule has 0 spiro atoms. The molecule has 1 saturated carbocycles. The highest BCUT2D eigenvalue weighted by Gasteiger charge is 2.52. The van der Waals surface area contributed by atoms with E-state index in [4.69, 9.17) is 0 Å². The van der Waals surface area contributed by atoms with Crippen molar-refractivity contribution >= 4 is 15.9 Å². The molecule has 2 rings (SSSR count). The van der Waals surface area contributed by atoms with Gasteiger partial charge in [0.15, 0.2) is 0 Å². The third-order valence-corrected chi connectivity index (χ3v) is 4.63. The van der Waals surface area contributed by atoms with Crippen molar-refractivity contribution in [3.05, 3.63) is 34.3 Å². The Kier molecular flexibility index (Phi) is 4.26. The molecule has 1 fully saturated rings. The van der Waals surface area contributed by atoms with Crippen LogP contribution in [0.15, 0.2) is 28.7 Å². The predicted octanol–water partition coefficient (Wildman–Crippen LogP) is 4.12. The van der Waals surface area contributed by atoms with E-state index in [1.807, 2.05) is 0 Å². The second-order valence-electron chi connectivity index (χ2n) is 5.12. The molecule has 1 aromatic rings. The monoisotopic (exact) mass is 295 g/mol. The van der Waals surface area contributed by atoms with Crippen LogP contribution in [0.3, 0.4) is 0 Å². The van der Waals surface area contributed by atoms with Gasteiger partial charge in [0.25, 0.3) is 0 Å². The van der Waals surface area contributed by atoms with Crippen molar-refractivity contribution in [2.75, 3.05) is 13.1 Å². The fourth-order valence-electron chi connectivity index (χ4n) is 2.87. The van der Waals surface area contributed by atoms with Gasteiger partial charge in [-0.15, -0.1) is 0 Å². The normalized spacial score (nSPS) is 27.1. The summed E-state index contributed by atoms with van der Waals surface area (Å²) in [6, 6.07) is 8.91. The summed E-state index contributed by atoms with van der Waals surface area (Å²) < 4.78 is 1.17. The van der Waals surface area contributed by atoms with E-state index < -0.39 is 0 Å². The van der Waals surface area contributed by atoms with Crippen LogP contribution in [0.5, 0.6) is 0 Å². The van der Waals surface area contributed by atoms with Gasteiger partial charge in [-0.3, -0.25) is 0 Å². The summed E-state index contributed by atoms with van der Waals surface area (Å²) >= 11 is 3.51. The van der Waals surface area contributed by atoms with E-state index in [1.54, 1.807) is 0 Å². The van der Waals surface area contributed by atoms with Gasteiger partial charge in [-0.05, 0) is 61.4 Å². The number of hydrogen-bond acceptors (Lipinski definition) is 1. The Bertz CT molecular complexity index is 360. The molecule has 1 aromatic carbocycles. The van der Waals surface area contributed by atoms with Gasteiger partial charge in [-0.1, -0.05) is 41.9 Å². The summed E-state index contributed by atoms with van der Waals surface area (Å²) in [6.07, 6.45) is 3.83. The molecular weight excluding hydrogens is 274 g/mol. The first-order valence-electron chi connectivity index (χ1n) is 6.69. The molecule has 0 bridgehead atoms. The Hall–Kier alpha value is -0.340. The molecule has 1 N–H and O–H groups in total. The number of hydrogen-bond donors (Lipinski definition) is 1. The van der Waals surface area contributed by atoms with Gasteiger partial charge in [-0.2, -0.15) is 0 Å². The Balaban J connectivity index is 2.00. The summed E-state index contributed by atoms with van der Waals surface area (Å²) in [5.41, 5.74) is 1.98. The van der Waals surface area contributed by atoms with E-state index >= 15 is 0 Å². The van der Waals surface area contributed by atoms with Gasteiger partial charge < -0.3 is 5.32 Å². The summed E-state index contributed by atoms with van der Waals surface area (Å²) in [6.45, 7) is 6.87. The quantitative estimate of drug-likeness (QED) is 0.779. The smallest absolute Gasteiger partial charge is 0.0175 e. The predicted molar refractivity (Wildman–Crippen MR) is 77.4 cm³/mol. The van der Waals surface area contributed by atoms with Crippen LogP contribution in [0, 0.1) is 5.92 Å². The van der Waals surface area contributed by atoms with Gasteiger partial charge in [0.1, 0.15) is 0 Å². The van der Waals surface area contributed by atoms with Crippen LogP contribution in [-0.2, 0) is 5.41 Å². The van der Waals surface area contributed by atoms with E-state index in [0.29, 0.717) is 5.41 Å². The minimum atomic E-state index is 0.460. The summed E-state index contributed by atoms with van der Waals surface area (Å²) in [4.78, 5) is 0. The lowest BCUT2D eigenvalue weighted by Crippen LogP contribution is -2.21.